The maximum Gasteiger partial charge on any atom is 0.240 e. The highest BCUT2D eigenvalue weighted by Gasteiger charge is 1.94. The summed E-state index contributed by atoms with van der Waals surface area (Å²) in [5.41, 5.74) is 1.59. The molecular weight excluding hydrogens is 150 g/mol. The van der Waals surface area contributed by atoms with E-state index in [0.717, 1.165) is 5.56 Å². The zero-order valence-corrected chi connectivity index (χ0v) is 6.82. The molecule has 0 atom stereocenters. The number of allylic oxidation sites excluding steroid dienone is 1. The molecule has 0 radical (unpaired) electrons. The lowest BCUT2D eigenvalue weighted by atomic mass is 10.1. The van der Waals surface area contributed by atoms with Gasteiger partial charge < -0.3 is 0 Å². The number of nitrogens with zero attached hydrogens (tertiary/aromatic N) is 1. The van der Waals surface area contributed by atoms with Gasteiger partial charge >= 0.3 is 0 Å². The summed E-state index contributed by atoms with van der Waals surface area (Å²) >= 11 is 0. The van der Waals surface area contributed by atoms with Crippen LogP contribution in [0.25, 0.3) is 5.70 Å². The molecule has 0 unspecified atom stereocenters. The zero-order valence-electron chi connectivity index (χ0n) is 6.82. The van der Waals surface area contributed by atoms with Crippen LogP contribution in [0.15, 0.2) is 41.4 Å². The normalized spacial score (nSPS) is 10.6. The number of hydrogen-bond acceptors (Lipinski definition) is 2. The smallest absolute Gasteiger partial charge is 0.211 e. The maximum absolute atomic E-state index is 10.0. The van der Waals surface area contributed by atoms with Crippen LogP contribution < -0.4 is 0 Å². The molecule has 0 aliphatic heterocycles. The van der Waals surface area contributed by atoms with Crippen LogP contribution in [-0.4, -0.2) is 6.08 Å². The Balaban J connectivity index is 3.05. The van der Waals surface area contributed by atoms with Crippen LogP contribution in [0.5, 0.6) is 0 Å². The third-order valence-corrected chi connectivity index (χ3v) is 1.51. The van der Waals surface area contributed by atoms with Gasteiger partial charge in [0.1, 0.15) is 0 Å². The molecule has 2 heteroatoms. The van der Waals surface area contributed by atoms with Gasteiger partial charge in [-0.2, -0.15) is 4.99 Å². The Bertz CT molecular complexity index is 321. The van der Waals surface area contributed by atoms with E-state index in [-0.39, 0.29) is 0 Å². The Morgan fingerprint density at radius 2 is 2.08 bits per heavy atom. The largest absolute Gasteiger partial charge is 0.240 e. The summed E-state index contributed by atoms with van der Waals surface area (Å²) in [5, 5.41) is 0. The van der Waals surface area contributed by atoms with E-state index in [1.807, 2.05) is 37.3 Å². The van der Waals surface area contributed by atoms with Crippen molar-refractivity contribution >= 4 is 11.8 Å². The molecule has 0 aliphatic carbocycles. The van der Waals surface area contributed by atoms with Crippen molar-refractivity contribution in [3.8, 4) is 0 Å². The number of isocyanates is 1. The van der Waals surface area contributed by atoms with Crippen molar-refractivity contribution in [2.75, 3.05) is 0 Å². The van der Waals surface area contributed by atoms with Gasteiger partial charge in [-0.15, -0.1) is 0 Å². The van der Waals surface area contributed by atoms with Crippen molar-refractivity contribution in [3.63, 3.8) is 0 Å². The van der Waals surface area contributed by atoms with Crippen LogP contribution >= 0.6 is 0 Å². The minimum atomic E-state index is 0.658. The van der Waals surface area contributed by atoms with Gasteiger partial charge in [0.05, 0.1) is 5.70 Å². The Hall–Kier alpha value is -1.66. The van der Waals surface area contributed by atoms with Crippen molar-refractivity contribution in [2.24, 2.45) is 4.99 Å². The summed E-state index contributed by atoms with van der Waals surface area (Å²) in [5.74, 6) is 0. The lowest BCUT2D eigenvalue weighted by Crippen LogP contribution is -1.78. The van der Waals surface area contributed by atoms with E-state index in [9.17, 15) is 4.79 Å². The second kappa shape index (κ2) is 4.27. The molecule has 0 saturated carbocycles. The van der Waals surface area contributed by atoms with Gasteiger partial charge in [0.2, 0.25) is 6.08 Å². The fourth-order valence-corrected chi connectivity index (χ4v) is 0.954. The second-order valence-electron chi connectivity index (χ2n) is 2.24. The molecule has 2 nitrogen and oxygen atoms in total. The highest BCUT2D eigenvalue weighted by atomic mass is 16.1. The minimum Gasteiger partial charge on any atom is -0.211 e. The van der Waals surface area contributed by atoms with Crippen molar-refractivity contribution in [1.29, 1.82) is 0 Å². The number of benzene rings is 1. The third-order valence-electron chi connectivity index (χ3n) is 1.51. The first-order valence-electron chi connectivity index (χ1n) is 3.68. The second-order valence-corrected chi connectivity index (χ2v) is 2.24. The monoisotopic (exact) mass is 159 g/mol. The Morgan fingerprint density at radius 3 is 2.58 bits per heavy atom. The van der Waals surface area contributed by atoms with Crippen LogP contribution in [0.3, 0.4) is 0 Å². The van der Waals surface area contributed by atoms with Gasteiger partial charge in [-0.05, 0) is 6.92 Å². The number of hydrogen-bond donors (Lipinski definition) is 0. The molecule has 0 fully saturated rings. The Labute approximate surface area is 71.3 Å². The van der Waals surface area contributed by atoms with Crippen LogP contribution in [0, 0.1) is 0 Å². The molecule has 0 aromatic heterocycles. The fraction of sp³-hybridized carbons (Fsp3) is 0.100. The Morgan fingerprint density at radius 1 is 1.42 bits per heavy atom. The van der Waals surface area contributed by atoms with Crippen molar-refractivity contribution in [3.05, 3.63) is 42.0 Å². The summed E-state index contributed by atoms with van der Waals surface area (Å²) < 4.78 is 0. The lowest BCUT2D eigenvalue weighted by Gasteiger charge is -1.96. The quantitative estimate of drug-likeness (QED) is 0.481. The molecular formula is C10H9NO. The predicted molar refractivity (Wildman–Crippen MR) is 48.2 cm³/mol. The molecule has 0 saturated heterocycles. The third kappa shape index (κ3) is 1.91. The van der Waals surface area contributed by atoms with E-state index in [1.54, 1.807) is 6.08 Å². The van der Waals surface area contributed by atoms with Crippen LogP contribution in [0.1, 0.15) is 12.5 Å². The van der Waals surface area contributed by atoms with E-state index >= 15 is 0 Å². The summed E-state index contributed by atoms with van der Waals surface area (Å²) in [6, 6.07) is 9.52. The van der Waals surface area contributed by atoms with Crippen molar-refractivity contribution in [2.45, 2.75) is 6.92 Å². The van der Waals surface area contributed by atoms with Crippen LogP contribution in [0.4, 0.5) is 0 Å². The SMILES string of the molecule is CC=C(N=C=O)c1ccccc1. The van der Waals surface area contributed by atoms with Gasteiger partial charge in [-0.1, -0.05) is 36.4 Å². The summed E-state index contributed by atoms with van der Waals surface area (Å²) in [7, 11) is 0. The number of aliphatic imine (C=N–C) groups is 1. The minimum absolute atomic E-state index is 0.658. The van der Waals surface area contributed by atoms with Crippen molar-refractivity contribution < 1.29 is 4.79 Å². The standard InChI is InChI=1S/C10H9NO/c1-2-10(11-8-12)9-6-4-3-5-7-9/h2-7H,1H3. The molecule has 0 amide bonds. The van der Waals surface area contributed by atoms with E-state index in [4.69, 9.17) is 0 Å². The maximum atomic E-state index is 10.0. The van der Waals surface area contributed by atoms with Crippen LogP contribution in [-0.2, 0) is 4.79 Å². The molecule has 0 spiro atoms. The molecule has 0 bridgehead atoms. The summed E-state index contributed by atoms with van der Waals surface area (Å²) in [6.45, 7) is 1.84. The summed E-state index contributed by atoms with van der Waals surface area (Å²) in [4.78, 5) is 13.6. The molecule has 1 rings (SSSR count). The van der Waals surface area contributed by atoms with E-state index in [1.165, 1.54) is 6.08 Å². The van der Waals surface area contributed by atoms with Crippen molar-refractivity contribution in [1.82, 2.24) is 0 Å². The molecule has 0 aliphatic rings. The van der Waals surface area contributed by atoms with Gasteiger partial charge in [0.15, 0.2) is 0 Å². The Kier molecular flexibility index (Phi) is 3.00. The van der Waals surface area contributed by atoms with Crippen LogP contribution in [0.2, 0.25) is 0 Å². The predicted octanol–water partition coefficient (Wildman–Crippen LogP) is 2.38. The molecule has 60 valence electrons. The highest BCUT2D eigenvalue weighted by Crippen LogP contribution is 2.13. The molecule has 1 aromatic carbocycles. The molecule has 1 aromatic rings. The summed E-state index contributed by atoms with van der Waals surface area (Å²) in [6.07, 6.45) is 3.30. The first-order valence-corrected chi connectivity index (χ1v) is 3.68. The van der Waals surface area contributed by atoms with Gasteiger partial charge in [0, 0.05) is 5.56 Å². The first-order chi connectivity index (χ1) is 5.88. The fourth-order valence-electron chi connectivity index (χ4n) is 0.954. The molecule has 0 N–H and O–H groups in total. The average molecular weight is 159 g/mol. The number of rotatable bonds is 2. The van der Waals surface area contributed by atoms with E-state index in [2.05, 4.69) is 4.99 Å². The van der Waals surface area contributed by atoms with Gasteiger partial charge in [-0.25, -0.2) is 4.79 Å². The topological polar surface area (TPSA) is 29.4 Å². The highest BCUT2D eigenvalue weighted by molar-refractivity contribution is 5.68. The first kappa shape index (κ1) is 8.44. The number of carbonyl (C=O) groups excluding carboxylic acids is 1. The average Bonchev–Trinajstić information content (AvgIpc) is 2.15. The van der Waals surface area contributed by atoms with Gasteiger partial charge in [0.25, 0.3) is 0 Å². The zero-order chi connectivity index (χ0) is 8.81. The lowest BCUT2D eigenvalue weighted by molar-refractivity contribution is 0.565. The molecule has 12 heavy (non-hydrogen) atoms. The van der Waals surface area contributed by atoms with Gasteiger partial charge in [-0.3, -0.25) is 0 Å². The van der Waals surface area contributed by atoms with E-state index in [0.29, 0.717) is 5.70 Å². The molecule has 0 heterocycles. The van der Waals surface area contributed by atoms with E-state index < -0.39 is 0 Å².